The molecular formula is C10H13NO. The van der Waals surface area contributed by atoms with Crippen LogP contribution >= 0.6 is 0 Å². The van der Waals surface area contributed by atoms with Gasteiger partial charge >= 0.3 is 0 Å². The summed E-state index contributed by atoms with van der Waals surface area (Å²) in [5.41, 5.74) is 2.00. The molecule has 64 valence electrons. The third-order valence-electron chi connectivity index (χ3n) is 1.66. The van der Waals surface area contributed by atoms with Gasteiger partial charge in [-0.2, -0.15) is 0 Å². The van der Waals surface area contributed by atoms with Gasteiger partial charge in [-0.15, -0.1) is 0 Å². The molecule has 0 amide bonds. The molecule has 0 bridgehead atoms. The highest BCUT2D eigenvalue weighted by atomic mass is 16.5. The van der Waals surface area contributed by atoms with E-state index in [4.69, 9.17) is 4.74 Å². The zero-order valence-corrected chi connectivity index (χ0v) is 7.66. The molecule has 0 N–H and O–H groups in total. The predicted molar refractivity (Wildman–Crippen MR) is 50.2 cm³/mol. The number of allylic oxidation sites excluding steroid dienone is 1. The van der Waals surface area contributed by atoms with Gasteiger partial charge in [0.2, 0.25) is 0 Å². The van der Waals surface area contributed by atoms with Crippen LogP contribution in [0.3, 0.4) is 0 Å². The van der Waals surface area contributed by atoms with Crippen LogP contribution in [0.2, 0.25) is 0 Å². The van der Waals surface area contributed by atoms with Crippen LogP contribution in [0.15, 0.2) is 18.3 Å². The van der Waals surface area contributed by atoms with E-state index in [2.05, 4.69) is 4.98 Å². The van der Waals surface area contributed by atoms with Crippen molar-refractivity contribution in [3.63, 3.8) is 0 Å². The Hall–Kier alpha value is -1.31. The van der Waals surface area contributed by atoms with Crippen molar-refractivity contribution < 1.29 is 4.74 Å². The first-order chi connectivity index (χ1) is 5.79. The van der Waals surface area contributed by atoms with Crippen LogP contribution in [0, 0.1) is 6.92 Å². The molecule has 0 spiro atoms. The first kappa shape index (κ1) is 8.78. The van der Waals surface area contributed by atoms with Crippen LogP contribution in [-0.2, 0) is 0 Å². The Balaban J connectivity index is 3.18. The molecule has 2 nitrogen and oxygen atoms in total. The Morgan fingerprint density at radius 3 is 2.83 bits per heavy atom. The van der Waals surface area contributed by atoms with E-state index in [1.165, 1.54) is 0 Å². The standard InChI is InChI=1S/C10H13NO/c1-4-5-9-6-7-11-8(2)10(9)12-3/h4-7H,1-3H3/b5-4+. The summed E-state index contributed by atoms with van der Waals surface area (Å²) in [6.07, 6.45) is 5.78. The Kier molecular flexibility index (Phi) is 2.86. The van der Waals surface area contributed by atoms with Gasteiger partial charge in [-0.05, 0) is 19.9 Å². The summed E-state index contributed by atoms with van der Waals surface area (Å²) in [4.78, 5) is 4.13. The first-order valence-electron chi connectivity index (χ1n) is 3.92. The molecule has 0 aliphatic heterocycles. The van der Waals surface area contributed by atoms with Crippen molar-refractivity contribution >= 4 is 6.08 Å². The molecule has 0 saturated carbocycles. The van der Waals surface area contributed by atoms with Crippen molar-refractivity contribution in [3.8, 4) is 5.75 Å². The average molecular weight is 163 g/mol. The van der Waals surface area contributed by atoms with Crippen LogP contribution in [0.1, 0.15) is 18.2 Å². The zero-order chi connectivity index (χ0) is 8.97. The molecule has 0 radical (unpaired) electrons. The Bertz CT molecular complexity index is 292. The maximum absolute atomic E-state index is 5.21. The van der Waals surface area contributed by atoms with Gasteiger partial charge in [-0.1, -0.05) is 12.2 Å². The molecular weight excluding hydrogens is 150 g/mol. The van der Waals surface area contributed by atoms with Gasteiger partial charge in [0.05, 0.1) is 12.8 Å². The second-order valence-electron chi connectivity index (χ2n) is 2.52. The molecule has 0 atom stereocenters. The Morgan fingerprint density at radius 1 is 1.50 bits per heavy atom. The third kappa shape index (κ3) is 1.64. The van der Waals surface area contributed by atoms with Crippen molar-refractivity contribution in [2.75, 3.05) is 7.11 Å². The fourth-order valence-corrected chi connectivity index (χ4v) is 1.15. The molecule has 0 fully saturated rings. The van der Waals surface area contributed by atoms with Gasteiger partial charge in [-0.3, -0.25) is 4.98 Å². The number of hydrogen-bond donors (Lipinski definition) is 0. The normalized spacial score (nSPS) is 10.6. The summed E-state index contributed by atoms with van der Waals surface area (Å²) in [5, 5.41) is 0. The Labute approximate surface area is 72.9 Å². The fraction of sp³-hybridized carbons (Fsp3) is 0.300. The summed E-state index contributed by atoms with van der Waals surface area (Å²) >= 11 is 0. The van der Waals surface area contributed by atoms with E-state index in [9.17, 15) is 0 Å². The zero-order valence-electron chi connectivity index (χ0n) is 7.66. The molecule has 1 heterocycles. The summed E-state index contributed by atoms with van der Waals surface area (Å²) < 4.78 is 5.21. The third-order valence-corrected chi connectivity index (χ3v) is 1.66. The second-order valence-corrected chi connectivity index (χ2v) is 2.52. The topological polar surface area (TPSA) is 22.1 Å². The second kappa shape index (κ2) is 3.90. The average Bonchev–Trinajstić information content (AvgIpc) is 2.05. The number of ether oxygens (including phenoxy) is 1. The SMILES string of the molecule is C/C=C/c1ccnc(C)c1OC. The minimum Gasteiger partial charge on any atom is -0.494 e. The summed E-state index contributed by atoms with van der Waals surface area (Å²) in [6.45, 7) is 3.92. The summed E-state index contributed by atoms with van der Waals surface area (Å²) in [6, 6.07) is 1.94. The Morgan fingerprint density at radius 2 is 2.25 bits per heavy atom. The number of methoxy groups -OCH3 is 1. The van der Waals surface area contributed by atoms with Crippen molar-refractivity contribution in [1.82, 2.24) is 4.98 Å². The highest BCUT2D eigenvalue weighted by molar-refractivity contribution is 5.57. The first-order valence-corrected chi connectivity index (χ1v) is 3.92. The van der Waals surface area contributed by atoms with Crippen LogP contribution in [0.4, 0.5) is 0 Å². The van der Waals surface area contributed by atoms with Crippen LogP contribution in [-0.4, -0.2) is 12.1 Å². The van der Waals surface area contributed by atoms with Gasteiger partial charge in [0.25, 0.3) is 0 Å². The van der Waals surface area contributed by atoms with E-state index in [1.807, 2.05) is 32.1 Å². The van der Waals surface area contributed by atoms with E-state index >= 15 is 0 Å². The number of hydrogen-bond acceptors (Lipinski definition) is 2. The number of aromatic nitrogens is 1. The smallest absolute Gasteiger partial charge is 0.147 e. The minimum atomic E-state index is 0.857. The molecule has 0 aliphatic rings. The van der Waals surface area contributed by atoms with Crippen molar-refractivity contribution in [3.05, 3.63) is 29.6 Å². The number of nitrogens with zero attached hydrogens (tertiary/aromatic N) is 1. The lowest BCUT2D eigenvalue weighted by molar-refractivity contribution is 0.408. The van der Waals surface area contributed by atoms with Gasteiger partial charge in [0.1, 0.15) is 5.75 Å². The van der Waals surface area contributed by atoms with Gasteiger partial charge < -0.3 is 4.74 Å². The monoisotopic (exact) mass is 163 g/mol. The molecule has 1 rings (SSSR count). The van der Waals surface area contributed by atoms with Crippen molar-refractivity contribution in [2.24, 2.45) is 0 Å². The quantitative estimate of drug-likeness (QED) is 0.668. The van der Waals surface area contributed by atoms with Crippen LogP contribution in [0.25, 0.3) is 6.08 Å². The van der Waals surface area contributed by atoms with Crippen LogP contribution < -0.4 is 4.74 Å². The summed E-state index contributed by atoms with van der Waals surface area (Å²) in [7, 11) is 1.66. The highest BCUT2D eigenvalue weighted by Gasteiger charge is 2.02. The molecule has 12 heavy (non-hydrogen) atoms. The maximum atomic E-state index is 5.21. The predicted octanol–water partition coefficient (Wildman–Crippen LogP) is 2.43. The van der Waals surface area contributed by atoms with Gasteiger partial charge in [-0.25, -0.2) is 0 Å². The van der Waals surface area contributed by atoms with Crippen molar-refractivity contribution in [2.45, 2.75) is 13.8 Å². The highest BCUT2D eigenvalue weighted by Crippen LogP contribution is 2.21. The molecule has 0 aromatic carbocycles. The van der Waals surface area contributed by atoms with Crippen molar-refractivity contribution in [1.29, 1.82) is 0 Å². The maximum Gasteiger partial charge on any atom is 0.147 e. The van der Waals surface area contributed by atoms with E-state index in [0.29, 0.717) is 0 Å². The molecule has 1 aromatic rings. The number of rotatable bonds is 2. The lowest BCUT2D eigenvalue weighted by Gasteiger charge is -2.06. The van der Waals surface area contributed by atoms with E-state index in [0.717, 1.165) is 17.0 Å². The fourth-order valence-electron chi connectivity index (χ4n) is 1.15. The minimum absolute atomic E-state index is 0.857. The number of pyridine rings is 1. The lowest BCUT2D eigenvalue weighted by atomic mass is 10.2. The number of aryl methyl sites for hydroxylation is 1. The summed E-state index contributed by atoms with van der Waals surface area (Å²) in [5.74, 6) is 0.857. The molecule has 2 heteroatoms. The lowest BCUT2D eigenvalue weighted by Crippen LogP contribution is -1.92. The molecule has 0 saturated heterocycles. The van der Waals surface area contributed by atoms with E-state index in [1.54, 1.807) is 13.3 Å². The largest absolute Gasteiger partial charge is 0.494 e. The van der Waals surface area contributed by atoms with Gasteiger partial charge in [0.15, 0.2) is 0 Å². The molecule has 0 unspecified atom stereocenters. The van der Waals surface area contributed by atoms with Gasteiger partial charge in [0, 0.05) is 11.8 Å². The van der Waals surface area contributed by atoms with E-state index < -0.39 is 0 Å². The molecule has 1 aromatic heterocycles. The van der Waals surface area contributed by atoms with E-state index in [-0.39, 0.29) is 0 Å². The van der Waals surface area contributed by atoms with Crippen LogP contribution in [0.5, 0.6) is 5.75 Å². The molecule has 0 aliphatic carbocycles.